The Kier molecular flexibility index (Phi) is 4.60. The maximum absolute atomic E-state index is 11.0. The lowest BCUT2D eigenvalue weighted by atomic mass is 10.1. The molecule has 0 bridgehead atoms. The van der Waals surface area contributed by atoms with Gasteiger partial charge in [0.05, 0.1) is 23.0 Å². The average Bonchev–Trinajstić information content (AvgIpc) is 2.40. The standard InChI is InChI=1S/C15H14Cl2N2O2/c1-8(11-4-3-10(16)7-12(11)17)19-14-6-9(15(20)21)2-5-13(14)18/h2-8,19H,18H2,1H3,(H,20,21). The summed E-state index contributed by atoms with van der Waals surface area (Å²) >= 11 is 12.0. The second-order valence-electron chi connectivity index (χ2n) is 4.64. The summed E-state index contributed by atoms with van der Waals surface area (Å²) in [4.78, 5) is 11.0. The fraction of sp³-hybridized carbons (Fsp3) is 0.133. The van der Waals surface area contributed by atoms with Crippen molar-refractivity contribution in [3.63, 3.8) is 0 Å². The van der Waals surface area contributed by atoms with Crippen LogP contribution in [0.25, 0.3) is 0 Å². The Morgan fingerprint density at radius 1 is 1.24 bits per heavy atom. The summed E-state index contributed by atoms with van der Waals surface area (Å²) in [5.41, 5.74) is 7.90. The van der Waals surface area contributed by atoms with Gasteiger partial charge in [0, 0.05) is 10.0 Å². The number of halogens is 2. The van der Waals surface area contributed by atoms with Gasteiger partial charge in [0.2, 0.25) is 0 Å². The average molecular weight is 325 g/mol. The van der Waals surface area contributed by atoms with E-state index in [1.165, 1.54) is 12.1 Å². The molecule has 4 N–H and O–H groups in total. The topological polar surface area (TPSA) is 75.3 Å². The van der Waals surface area contributed by atoms with Crippen LogP contribution in [0.3, 0.4) is 0 Å². The lowest BCUT2D eigenvalue weighted by molar-refractivity contribution is 0.0697. The fourth-order valence-electron chi connectivity index (χ4n) is 1.98. The zero-order valence-electron chi connectivity index (χ0n) is 11.2. The molecule has 0 aliphatic rings. The molecule has 0 amide bonds. The van der Waals surface area contributed by atoms with Gasteiger partial charge in [-0.3, -0.25) is 0 Å². The molecule has 2 aromatic carbocycles. The number of anilines is 2. The van der Waals surface area contributed by atoms with E-state index in [-0.39, 0.29) is 11.6 Å². The minimum absolute atomic E-state index is 0.152. The molecular weight excluding hydrogens is 311 g/mol. The van der Waals surface area contributed by atoms with Crippen molar-refractivity contribution >= 4 is 40.5 Å². The maximum atomic E-state index is 11.0. The van der Waals surface area contributed by atoms with Crippen LogP contribution in [0.2, 0.25) is 10.0 Å². The van der Waals surface area contributed by atoms with E-state index in [4.69, 9.17) is 34.0 Å². The zero-order valence-corrected chi connectivity index (χ0v) is 12.7. The van der Waals surface area contributed by atoms with Crippen molar-refractivity contribution in [2.75, 3.05) is 11.1 Å². The van der Waals surface area contributed by atoms with Crippen molar-refractivity contribution < 1.29 is 9.90 Å². The summed E-state index contributed by atoms with van der Waals surface area (Å²) in [7, 11) is 0. The molecule has 4 nitrogen and oxygen atoms in total. The van der Waals surface area contributed by atoms with Crippen molar-refractivity contribution in [2.45, 2.75) is 13.0 Å². The van der Waals surface area contributed by atoms with Gasteiger partial charge in [0.1, 0.15) is 0 Å². The molecule has 6 heteroatoms. The van der Waals surface area contributed by atoms with Crippen molar-refractivity contribution in [3.8, 4) is 0 Å². The monoisotopic (exact) mass is 324 g/mol. The van der Waals surface area contributed by atoms with Gasteiger partial charge < -0.3 is 16.2 Å². The van der Waals surface area contributed by atoms with Crippen LogP contribution in [-0.4, -0.2) is 11.1 Å². The quantitative estimate of drug-likeness (QED) is 0.726. The Balaban J connectivity index is 2.28. The van der Waals surface area contributed by atoms with Gasteiger partial charge in [-0.2, -0.15) is 0 Å². The number of nitrogens with one attached hydrogen (secondary N) is 1. The summed E-state index contributed by atoms with van der Waals surface area (Å²) < 4.78 is 0. The van der Waals surface area contributed by atoms with Gasteiger partial charge in [-0.15, -0.1) is 0 Å². The van der Waals surface area contributed by atoms with Crippen molar-refractivity contribution in [1.82, 2.24) is 0 Å². The zero-order chi connectivity index (χ0) is 15.6. The van der Waals surface area contributed by atoms with E-state index in [2.05, 4.69) is 5.32 Å². The van der Waals surface area contributed by atoms with Gasteiger partial charge in [0.25, 0.3) is 0 Å². The van der Waals surface area contributed by atoms with E-state index in [0.29, 0.717) is 21.4 Å². The van der Waals surface area contributed by atoms with Gasteiger partial charge in [-0.1, -0.05) is 29.3 Å². The minimum Gasteiger partial charge on any atom is -0.478 e. The van der Waals surface area contributed by atoms with Crippen molar-refractivity contribution in [1.29, 1.82) is 0 Å². The maximum Gasteiger partial charge on any atom is 0.335 e. The fourth-order valence-corrected chi connectivity index (χ4v) is 2.55. The third-order valence-corrected chi connectivity index (χ3v) is 3.66. The molecule has 0 saturated carbocycles. The van der Waals surface area contributed by atoms with Crippen LogP contribution in [-0.2, 0) is 0 Å². The molecule has 110 valence electrons. The van der Waals surface area contributed by atoms with Gasteiger partial charge in [0.15, 0.2) is 0 Å². The number of hydrogen-bond donors (Lipinski definition) is 3. The highest BCUT2D eigenvalue weighted by molar-refractivity contribution is 6.35. The first kappa shape index (κ1) is 15.5. The number of carbonyl (C=O) groups is 1. The normalized spacial score (nSPS) is 12.0. The van der Waals surface area contributed by atoms with Crippen LogP contribution in [0.5, 0.6) is 0 Å². The number of hydrogen-bond acceptors (Lipinski definition) is 3. The molecule has 0 aliphatic heterocycles. The number of benzene rings is 2. The number of aromatic carboxylic acids is 1. The predicted octanol–water partition coefficient (Wildman–Crippen LogP) is 4.45. The molecule has 21 heavy (non-hydrogen) atoms. The number of nitrogens with two attached hydrogens (primary N) is 1. The van der Waals surface area contributed by atoms with E-state index >= 15 is 0 Å². The molecule has 0 aliphatic carbocycles. The van der Waals surface area contributed by atoms with E-state index in [1.807, 2.05) is 13.0 Å². The highest BCUT2D eigenvalue weighted by atomic mass is 35.5. The first-order valence-electron chi connectivity index (χ1n) is 6.23. The predicted molar refractivity (Wildman–Crippen MR) is 86.3 cm³/mol. The van der Waals surface area contributed by atoms with Crippen LogP contribution < -0.4 is 11.1 Å². The van der Waals surface area contributed by atoms with E-state index in [9.17, 15) is 4.79 Å². The second kappa shape index (κ2) is 6.24. The lowest BCUT2D eigenvalue weighted by Crippen LogP contribution is -2.10. The van der Waals surface area contributed by atoms with Gasteiger partial charge >= 0.3 is 5.97 Å². The third kappa shape index (κ3) is 3.60. The number of rotatable bonds is 4. The third-order valence-electron chi connectivity index (χ3n) is 3.10. The summed E-state index contributed by atoms with van der Waals surface area (Å²) in [6.07, 6.45) is 0. The summed E-state index contributed by atoms with van der Waals surface area (Å²) in [5.74, 6) is -1.00. The SMILES string of the molecule is CC(Nc1cc(C(=O)O)ccc1N)c1ccc(Cl)cc1Cl. The molecule has 1 atom stereocenters. The Morgan fingerprint density at radius 3 is 2.57 bits per heavy atom. The molecule has 0 heterocycles. The van der Waals surface area contributed by atoms with Crippen molar-refractivity contribution in [3.05, 3.63) is 57.6 Å². The number of nitrogen functional groups attached to an aromatic ring is 1. The summed E-state index contributed by atoms with van der Waals surface area (Å²) in [5, 5.41) is 13.3. The molecule has 2 rings (SSSR count). The molecule has 0 saturated heterocycles. The Bertz CT molecular complexity index is 689. The van der Waals surface area contributed by atoms with Crippen LogP contribution in [0.1, 0.15) is 28.9 Å². The lowest BCUT2D eigenvalue weighted by Gasteiger charge is -2.19. The molecule has 1 unspecified atom stereocenters. The first-order chi connectivity index (χ1) is 9.88. The van der Waals surface area contributed by atoms with Crippen LogP contribution >= 0.6 is 23.2 Å². The highest BCUT2D eigenvalue weighted by Gasteiger charge is 2.13. The van der Waals surface area contributed by atoms with Gasteiger partial charge in [-0.05, 0) is 42.8 Å². The molecule has 0 radical (unpaired) electrons. The second-order valence-corrected chi connectivity index (χ2v) is 5.48. The van der Waals surface area contributed by atoms with Crippen LogP contribution in [0.15, 0.2) is 36.4 Å². The highest BCUT2D eigenvalue weighted by Crippen LogP contribution is 2.30. The minimum atomic E-state index is -1.00. The summed E-state index contributed by atoms with van der Waals surface area (Å²) in [6.45, 7) is 1.90. The van der Waals surface area contributed by atoms with Crippen LogP contribution in [0.4, 0.5) is 11.4 Å². The molecule has 0 fully saturated rings. The molecular formula is C15H14Cl2N2O2. The Labute approximate surface area is 132 Å². The van der Waals surface area contributed by atoms with E-state index in [1.54, 1.807) is 18.2 Å². The molecule has 2 aromatic rings. The molecule has 0 aromatic heterocycles. The van der Waals surface area contributed by atoms with E-state index < -0.39 is 5.97 Å². The van der Waals surface area contributed by atoms with Crippen molar-refractivity contribution in [2.24, 2.45) is 0 Å². The Morgan fingerprint density at radius 2 is 1.95 bits per heavy atom. The largest absolute Gasteiger partial charge is 0.478 e. The number of carboxylic acids is 1. The number of carboxylic acid groups (broad SMARTS) is 1. The summed E-state index contributed by atoms with van der Waals surface area (Å²) in [6, 6.07) is 9.59. The Hall–Kier alpha value is -1.91. The van der Waals surface area contributed by atoms with Gasteiger partial charge in [-0.25, -0.2) is 4.79 Å². The van der Waals surface area contributed by atoms with E-state index in [0.717, 1.165) is 5.56 Å². The first-order valence-corrected chi connectivity index (χ1v) is 6.98. The molecule has 0 spiro atoms. The smallest absolute Gasteiger partial charge is 0.335 e. The van der Waals surface area contributed by atoms with Crippen LogP contribution in [0, 0.1) is 0 Å².